The first-order chi connectivity index (χ1) is 10.8. The van der Waals surface area contributed by atoms with Crippen molar-refractivity contribution >= 4 is 0 Å². The Morgan fingerprint density at radius 2 is 2.05 bits per heavy atom. The third-order valence-electron chi connectivity index (χ3n) is 5.30. The first-order valence-corrected chi connectivity index (χ1v) is 8.98. The molecule has 2 fully saturated rings. The molecule has 0 bridgehead atoms. The quantitative estimate of drug-likeness (QED) is 0.902. The van der Waals surface area contributed by atoms with Crippen LogP contribution in [0.1, 0.15) is 31.2 Å². The standard InChI is InChI=1S/C19H31N3/c1-21(14-18-9-5-11-20-13-18)19-10-6-12-22(16-19)15-17-7-3-2-4-8-17/h2-4,7-8,18-20H,5-6,9-16H2,1H3. The number of piperidine rings is 2. The van der Waals surface area contributed by atoms with Crippen LogP contribution in [0.3, 0.4) is 0 Å². The monoisotopic (exact) mass is 301 g/mol. The maximum absolute atomic E-state index is 3.55. The summed E-state index contributed by atoms with van der Waals surface area (Å²) in [5, 5.41) is 3.55. The molecule has 3 nitrogen and oxygen atoms in total. The summed E-state index contributed by atoms with van der Waals surface area (Å²) in [5.41, 5.74) is 1.45. The van der Waals surface area contributed by atoms with Gasteiger partial charge in [-0.15, -0.1) is 0 Å². The number of likely N-dealkylation sites (tertiary alicyclic amines) is 1. The van der Waals surface area contributed by atoms with Crippen LogP contribution < -0.4 is 5.32 Å². The molecule has 1 aromatic carbocycles. The molecule has 0 spiro atoms. The molecular weight excluding hydrogens is 270 g/mol. The third-order valence-corrected chi connectivity index (χ3v) is 5.30. The zero-order chi connectivity index (χ0) is 15.2. The van der Waals surface area contributed by atoms with Crippen LogP contribution in [-0.4, -0.2) is 55.6 Å². The lowest BCUT2D eigenvalue weighted by atomic mass is 9.97. The molecule has 2 unspecified atom stereocenters. The average molecular weight is 301 g/mol. The third kappa shape index (κ3) is 4.55. The largest absolute Gasteiger partial charge is 0.316 e. The summed E-state index contributed by atoms with van der Waals surface area (Å²) in [6.45, 7) is 7.28. The Balaban J connectivity index is 1.49. The summed E-state index contributed by atoms with van der Waals surface area (Å²) < 4.78 is 0. The smallest absolute Gasteiger partial charge is 0.0234 e. The van der Waals surface area contributed by atoms with Gasteiger partial charge in [-0.2, -0.15) is 0 Å². The summed E-state index contributed by atoms with van der Waals surface area (Å²) in [6, 6.07) is 11.6. The molecule has 2 saturated heterocycles. The van der Waals surface area contributed by atoms with Crippen molar-refractivity contribution in [3.05, 3.63) is 35.9 Å². The molecule has 2 aliphatic rings. The van der Waals surface area contributed by atoms with Crippen LogP contribution in [0.25, 0.3) is 0 Å². The van der Waals surface area contributed by atoms with E-state index in [1.165, 1.54) is 64.0 Å². The normalized spacial score (nSPS) is 27.2. The van der Waals surface area contributed by atoms with Gasteiger partial charge in [0.1, 0.15) is 0 Å². The van der Waals surface area contributed by atoms with Crippen molar-refractivity contribution < 1.29 is 0 Å². The first kappa shape index (κ1) is 16.0. The Morgan fingerprint density at radius 1 is 1.18 bits per heavy atom. The highest BCUT2D eigenvalue weighted by atomic mass is 15.2. The fourth-order valence-electron chi connectivity index (χ4n) is 4.01. The first-order valence-electron chi connectivity index (χ1n) is 8.98. The molecule has 2 aliphatic heterocycles. The fourth-order valence-corrected chi connectivity index (χ4v) is 4.01. The van der Waals surface area contributed by atoms with E-state index in [1.54, 1.807) is 0 Å². The minimum Gasteiger partial charge on any atom is -0.316 e. The number of benzene rings is 1. The van der Waals surface area contributed by atoms with E-state index in [2.05, 4.69) is 52.5 Å². The maximum Gasteiger partial charge on any atom is 0.0234 e. The van der Waals surface area contributed by atoms with Crippen molar-refractivity contribution in [2.45, 2.75) is 38.3 Å². The molecule has 1 N–H and O–H groups in total. The van der Waals surface area contributed by atoms with Gasteiger partial charge in [-0.3, -0.25) is 4.90 Å². The van der Waals surface area contributed by atoms with Crippen LogP contribution in [0.15, 0.2) is 30.3 Å². The minimum absolute atomic E-state index is 0.736. The van der Waals surface area contributed by atoms with E-state index in [-0.39, 0.29) is 0 Å². The lowest BCUT2D eigenvalue weighted by Crippen LogP contribution is -2.48. The Kier molecular flexibility index (Phi) is 5.88. The molecule has 1 aromatic rings. The van der Waals surface area contributed by atoms with Gasteiger partial charge in [0.2, 0.25) is 0 Å². The number of hydrogen-bond acceptors (Lipinski definition) is 3. The van der Waals surface area contributed by atoms with E-state index in [4.69, 9.17) is 0 Å². The topological polar surface area (TPSA) is 18.5 Å². The molecule has 0 aliphatic carbocycles. The molecule has 122 valence electrons. The van der Waals surface area contributed by atoms with Crippen LogP contribution in [-0.2, 0) is 6.54 Å². The molecule has 2 heterocycles. The number of likely N-dealkylation sites (N-methyl/N-ethyl adjacent to an activating group) is 1. The second-order valence-electron chi connectivity index (χ2n) is 7.17. The van der Waals surface area contributed by atoms with E-state index in [0.29, 0.717) is 0 Å². The van der Waals surface area contributed by atoms with Gasteiger partial charge in [-0.1, -0.05) is 30.3 Å². The number of nitrogens with zero attached hydrogens (tertiary/aromatic N) is 2. The summed E-state index contributed by atoms with van der Waals surface area (Å²) >= 11 is 0. The molecule has 0 aromatic heterocycles. The molecular formula is C19H31N3. The van der Waals surface area contributed by atoms with E-state index in [9.17, 15) is 0 Å². The van der Waals surface area contributed by atoms with Gasteiger partial charge in [-0.25, -0.2) is 0 Å². The molecule has 3 rings (SSSR count). The van der Waals surface area contributed by atoms with Crippen molar-refractivity contribution in [3.63, 3.8) is 0 Å². The van der Waals surface area contributed by atoms with Crippen LogP contribution in [0.2, 0.25) is 0 Å². The van der Waals surface area contributed by atoms with Crippen LogP contribution in [0.4, 0.5) is 0 Å². The Morgan fingerprint density at radius 3 is 2.82 bits per heavy atom. The zero-order valence-corrected chi connectivity index (χ0v) is 14.0. The molecule has 3 heteroatoms. The Hall–Kier alpha value is -0.900. The van der Waals surface area contributed by atoms with Gasteiger partial charge in [0.05, 0.1) is 0 Å². The van der Waals surface area contributed by atoms with Crippen molar-refractivity contribution in [1.29, 1.82) is 0 Å². The van der Waals surface area contributed by atoms with Crippen LogP contribution in [0.5, 0.6) is 0 Å². The predicted molar refractivity (Wildman–Crippen MR) is 93.0 cm³/mol. The highest BCUT2D eigenvalue weighted by molar-refractivity contribution is 5.14. The summed E-state index contributed by atoms with van der Waals surface area (Å²) in [6.07, 6.45) is 5.45. The highest BCUT2D eigenvalue weighted by Crippen LogP contribution is 2.19. The van der Waals surface area contributed by atoms with Crippen molar-refractivity contribution in [2.75, 3.05) is 39.8 Å². The van der Waals surface area contributed by atoms with E-state index < -0.39 is 0 Å². The predicted octanol–water partition coefficient (Wildman–Crippen LogP) is 2.58. The number of rotatable bonds is 5. The van der Waals surface area contributed by atoms with Gasteiger partial charge in [0.15, 0.2) is 0 Å². The highest BCUT2D eigenvalue weighted by Gasteiger charge is 2.25. The van der Waals surface area contributed by atoms with Crippen molar-refractivity contribution in [1.82, 2.24) is 15.1 Å². The number of hydrogen-bond donors (Lipinski definition) is 1. The van der Waals surface area contributed by atoms with Gasteiger partial charge in [0, 0.05) is 25.7 Å². The van der Waals surface area contributed by atoms with Crippen LogP contribution >= 0.6 is 0 Å². The molecule has 0 saturated carbocycles. The second kappa shape index (κ2) is 8.09. The minimum atomic E-state index is 0.736. The van der Waals surface area contributed by atoms with Gasteiger partial charge in [0.25, 0.3) is 0 Å². The van der Waals surface area contributed by atoms with E-state index in [0.717, 1.165) is 18.5 Å². The molecule has 2 atom stereocenters. The molecule has 22 heavy (non-hydrogen) atoms. The van der Waals surface area contributed by atoms with E-state index >= 15 is 0 Å². The number of nitrogens with one attached hydrogen (secondary N) is 1. The average Bonchev–Trinajstić information content (AvgIpc) is 2.57. The Bertz CT molecular complexity index is 428. The van der Waals surface area contributed by atoms with Crippen molar-refractivity contribution in [3.8, 4) is 0 Å². The zero-order valence-electron chi connectivity index (χ0n) is 14.0. The summed E-state index contributed by atoms with van der Waals surface area (Å²) in [5.74, 6) is 0.850. The summed E-state index contributed by atoms with van der Waals surface area (Å²) in [7, 11) is 2.34. The van der Waals surface area contributed by atoms with E-state index in [1.807, 2.05) is 0 Å². The Labute approximate surface area is 135 Å². The second-order valence-corrected chi connectivity index (χ2v) is 7.17. The lowest BCUT2D eigenvalue weighted by Gasteiger charge is -2.39. The van der Waals surface area contributed by atoms with Gasteiger partial charge >= 0.3 is 0 Å². The van der Waals surface area contributed by atoms with Gasteiger partial charge in [-0.05, 0) is 63.8 Å². The maximum atomic E-state index is 3.55. The van der Waals surface area contributed by atoms with Crippen LogP contribution in [0, 0.1) is 5.92 Å². The lowest BCUT2D eigenvalue weighted by molar-refractivity contribution is 0.0962. The van der Waals surface area contributed by atoms with Gasteiger partial charge < -0.3 is 10.2 Å². The van der Waals surface area contributed by atoms with Crippen molar-refractivity contribution in [2.24, 2.45) is 5.92 Å². The molecule has 0 radical (unpaired) electrons. The summed E-state index contributed by atoms with van der Waals surface area (Å²) in [4.78, 5) is 5.27. The SMILES string of the molecule is CN(CC1CCCNC1)C1CCCN(Cc2ccccc2)C1. The molecule has 0 amide bonds. The fraction of sp³-hybridized carbons (Fsp3) is 0.684.